The zero-order valence-corrected chi connectivity index (χ0v) is 13.4. The maximum atomic E-state index is 12.7. The molecule has 1 amide bonds. The molecule has 0 spiro atoms. The summed E-state index contributed by atoms with van der Waals surface area (Å²) in [4.78, 5) is 11.8. The SMILES string of the molecule is O=C(CSCc1ccccc1)Nc1cc(C(F)(F)F)ccc1Cl. The summed E-state index contributed by atoms with van der Waals surface area (Å²) < 4.78 is 38.0. The van der Waals surface area contributed by atoms with Gasteiger partial charge in [-0.2, -0.15) is 13.2 Å². The van der Waals surface area contributed by atoms with E-state index in [9.17, 15) is 18.0 Å². The number of hydrogen-bond acceptors (Lipinski definition) is 2. The molecule has 0 aliphatic carbocycles. The molecule has 23 heavy (non-hydrogen) atoms. The monoisotopic (exact) mass is 359 g/mol. The molecule has 1 N–H and O–H groups in total. The molecule has 0 saturated heterocycles. The van der Waals surface area contributed by atoms with Crippen molar-refractivity contribution in [3.8, 4) is 0 Å². The average molecular weight is 360 g/mol. The molecular formula is C16H13ClF3NOS. The first-order valence-electron chi connectivity index (χ1n) is 6.64. The summed E-state index contributed by atoms with van der Waals surface area (Å²) in [6, 6.07) is 12.4. The molecule has 7 heteroatoms. The zero-order chi connectivity index (χ0) is 16.9. The summed E-state index contributed by atoms with van der Waals surface area (Å²) in [5.41, 5.74) is 0.184. The standard InChI is InChI=1S/C16H13ClF3NOS/c17-13-7-6-12(16(18,19)20)8-14(13)21-15(22)10-23-9-11-4-2-1-3-5-11/h1-8H,9-10H2,(H,21,22). The molecule has 2 aromatic rings. The maximum absolute atomic E-state index is 12.7. The second kappa shape index (κ2) is 7.75. The molecule has 2 nitrogen and oxygen atoms in total. The summed E-state index contributed by atoms with van der Waals surface area (Å²) in [5, 5.41) is 2.49. The Morgan fingerprint density at radius 3 is 2.48 bits per heavy atom. The number of nitrogens with one attached hydrogen (secondary N) is 1. The number of benzene rings is 2. The number of anilines is 1. The lowest BCUT2D eigenvalue weighted by Gasteiger charge is -2.11. The first-order valence-corrected chi connectivity index (χ1v) is 8.18. The fourth-order valence-electron chi connectivity index (χ4n) is 1.82. The van der Waals surface area contributed by atoms with E-state index in [-0.39, 0.29) is 16.5 Å². The van der Waals surface area contributed by atoms with E-state index >= 15 is 0 Å². The summed E-state index contributed by atoms with van der Waals surface area (Å²) in [6.45, 7) is 0. The number of rotatable bonds is 5. The van der Waals surface area contributed by atoms with Gasteiger partial charge in [-0.25, -0.2) is 0 Å². The van der Waals surface area contributed by atoms with Crippen LogP contribution in [0.4, 0.5) is 18.9 Å². The lowest BCUT2D eigenvalue weighted by molar-refractivity contribution is -0.137. The lowest BCUT2D eigenvalue weighted by atomic mass is 10.2. The van der Waals surface area contributed by atoms with Gasteiger partial charge in [0.25, 0.3) is 0 Å². The number of halogens is 4. The van der Waals surface area contributed by atoms with Crippen molar-refractivity contribution in [2.75, 3.05) is 11.1 Å². The van der Waals surface area contributed by atoms with Crippen LogP contribution >= 0.6 is 23.4 Å². The minimum Gasteiger partial charge on any atom is -0.324 e. The Labute approximate surface area is 141 Å². The fourth-order valence-corrected chi connectivity index (χ4v) is 2.77. The first-order chi connectivity index (χ1) is 10.9. The summed E-state index contributed by atoms with van der Waals surface area (Å²) in [7, 11) is 0. The van der Waals surface area contributed by atoms with Crippen LogP contribution in [0.3, 0.4) is 0 Å². The van der Waals surface area contributed by atoms with Crippen molar-refractivity contribution < 1.29 is 18.0 Å². The number of carbonyl (C=O) groups excluding carboxylic acids is 1. The minimum atomic E-state index is -4.48. The number of alkyl halides is 3. The molecular weight excluding hydrogens is 347 g/mol. The predicted molar refractivity (Wildman–Crippen MR) is 87.7 cm³/mol. The summed E-state index contributed by atoms with van der Waals surface area (Å²) in [6.07, 6.45) is -4.48. The highest BCUT2D eigenvalue weighted by Crippen LogP contribution is 2.33. The van der Waals surface area contributed by atoms with Crippen LogP contribution in [0.1, 0.15) is 11.1 Å². The Hall–Kier alpha value is -1.66. The first kappa shape index (κ1) is 17.7. The molecule has 0 bridgehead atoms. The Bertz CT molecular complexity index is 677. The van der Waals surface area contributed by atoms with E-state index < -0.39 is 17.6 Å². The topological polar surface area (TPSA) is 29.1 Å². The predicted octanol–water partition coefficient (Wildman–Crippen LogP) is 5.23. The van der Waals surface area contributed by atoms with Gasteiger partial charge in [0.2, 0.25) is 5.91 Å². The van der Waals surface area contributed by atoms with Crippen molar-refractivity contribution in [3.05, 3.63) is 64.7 Å². The normalized spacial score (nSPS) is 11.3. The van der Waals surface area contributed by atoms with Crippen LogP contribution in [0.15, 0.2) is 48.5 Å². The molecule has 0 unspecified atom stereocenters. The van der Waals surface area contributed by atoms with Gasteiger partial charge < -0.3 is 5.32 Å². The van der Waals surface area contributed by atoms with Crippen LogP contribution in [-0.4, -0.2) is 11.7 Å². The van der Waals surface area contributed by atoms with Crippen molar-refractivity contribution in [2.45, 2.75) is 11.9 Å². The molecule has 0 fully saturated rings. The van der Waals surface area contributed by atoms with Gasteiger partial charge in [0.05, 0.1) is 22.0 Å². The molecule has 0 heterocycles. The van der Waals surface area contributed by atoms with Gasteiger partial charge >= 0.3 is 6.18 Å². The van der Waals surface area contributed by atoms with E-state index in [0.717, 1.165) is 23.8 Å². The molecule has 2 aromatic carbocycles. The molecule has 0 aromatic heterocycles. The molecule has 0 aliphatic rings. The van der Waals surface area contributed by atoms with E-state index in [2.05, 4.69) is 5.32 Å². The number of carbonyl (C=O) groups is 1. The highest BCUT2D eigenvalue weighted by atomic mass is 35.5. The van der Waals surface area contributed by atoms with Gasteiger partial charge in [-0.3, -0.25) is 4.79 Å². The van der Waals surface area contributed by atoms with E-state index in [4.69, 9.17) is 11.6 Å². The second-order valence-corrected chi connectivity index (χ2v) is 6.11. The second-order valence-electron chi connectivity index (χ2n) is 4.72. The highest BCUT2D eigenvalue weighted by molar-refractivity contribution is 7.99. The highest BCUT2D eigenvalue weighted by Gasteiger charge is 2.31. The quantitative estimate of drug-likeness (QED) is 0.791. The minimum absolute atomic E-state index is 0.0354. The van der Waals surface area contributed by atoms with Gasteiger partial charge in [0, 0.05) is 5.75 Å². The van der Waals surface area contributed by atoms with E-state index in [0.29, 0.717) is 5.75 Å². The van der Waals surface area contributed by atoms with Crippen molar-refractivity contribution in [1.82, 2.24) is 0 Å². The Morgan fingerprint density at radius 1 is 1.13 bits per heavy atom. The van der Waals surface area contributed by atoms with Crippen molar-refractivity contribution in [1.29, 1.82) is 0 Å². The molecule has 0 radical (unpaired) electrons. The molecule has 0 aliphatic heterocycles. The fraction of sp³-hybridized carbons (Fsp3) is 0.188. The molecule has 2 rings (SSSR count). The van der Waals surface area contributed by atoms with Crippen LogP contribution in [0.25, 0.3) is 0 Å². The van der Waals surface area contributed by atoms with E-state index in [1.807, 2.05) is 30.3 Å². The third-order valence-electron chi connectivity index (χ3n) is 2.91. The number of hydrogen-bond donors (Lipinski definition) is 1. The lowest BCUT2D eigenvalue weighted by Crippen LogP contribution is -2.15. The van der Waals surface area contributed by atoms with Crippen molar-refractivity contribution in [3.63, 3.8) is 0 Å². The van der Waals surface area contributed by atoms with Crippen LogP contribution in [0.2, 0.25) is 5.02 Å². The Morgan fingerprint density at radius 2 is 1.83 bits per heavy atom. The largest absolute Gasteiger partial charge is 0.416 e. The Kier molecular flexibility index (Phi) is 5.96. The number of thioether (sulfide) groups is 1. The molecule has 122 valence electrons. The van der Waals surface area contributed by atoms with Crippen molar-refractivity contribution >= 4 is 35.0 Å². The average Bonchev–Trinajstić information content (AvgIpc) is 2.49. The van der Waals surface area contributed by atoms with E-state index in [1.165, 1.54) is 11.8 Å². The maximum Gasteiger partial charge on any atom is 0.416 e. The van der Waals surface area contributed by atoms with Crippen molar-refractivity contribution in [2.24, 2.45) is 0 Å². The third-order valence-corrected chi connectivity index (χ3v) is 4.25. The number of amides is 1. The smallest absolute Gasteiger partial charge is 0.324 e. The van der Waals surface area contributed by atoms with Crippen LogP contribution in [-0.2, 0) is 16.7 Å². The molecule has 0 atom stereocenters. The summed E-state index contributed by atoms with van der Waals surface area (Å²) in [5.74, 6) is 0.374. The van der Waals surface area contributed by atoms with E-state index in [1.54, 1.807) is 0 Å². The van der Waals surface area contributed by atoms with Gasteiger partial charge in [-0.05, 0) is 23.8 Å². The Balaban J connectivity index is 1.92. The summed E-state index contributed by atoms with van der Waals surface area (Å²) >= 11 is 7.20. The van der Waals surface area contributed by atoms with Crippen LogP contribution in [0.5, 0.6) is 0 Å². The van der Waals surface area contributed by atoms with Gasteiger partial charge in [-0.15, -0.1) is 11.8 Å². The molecule has 0 saturated carbocycles. The van der Waals surface area contributed by atoms with Crippen LogP contribution < -0.4 is 5.32 Å². The third kappa shape index (κ3) is 5.48. The van der Waals surface area contributed by atoms with Gasteiger partial charge in [-0.1, -0.05) is 41.9 Å². The zero-order valence-electron chi connectivity index (χ0n) is 11.9. The van der Waals surface area contributed by atoms with Gasteiger partial charge in [0.1, 0.15) is 0 Å². The van der Waals surface area contributed by atoms with Crippen LogP contribution in [0, 0.1) is 0 Å². The van der Waals surface area contributed by atoms with Gasteiger partial charge in [0.15, 0.2) is 0 Å².